The minimum absolute atomic E-state index is 0.101. The van der Waals surface area contributed by atoms with Crippen molar-refractivity contribution in [3.63, 3.8) is 0 Å². The van der Waals surface area contributed by atoms with Gasteiger partial charge < -0.3 is 14.2 Å². The molecule has 1 saturated heterocycles. The average Bonchev–Trinajstić information content (AvgIpc) is 3.18. The van der Waals surface area contributed by atoms with Crippen molar-refractivity contribution in [2.75, 3.05) is 26.9 Å². The fraction of sp³-hybridized carbons (Fsp3) is 0.214. The second kappa shape index (κ2) is 12.6. The number of ether oxygens (including phenoxy) is 3. The first-order valence-electron chi connectivity index (χ1n) is 11.6. The third-order valence-electron chi connectivity index (χ3n) is 5.33. The number of carbonyl (C=O) groups excluding carboxylic acids is 1. The molecule has 0 atom stereocenters. The van der Waals surface area contributed by atoms with Crippen molar-refractivity contribution in [3.05, 3.63) is 93.9 Å². The molecule has 0 aliphatic carbocycles. The molecule has 3 aromatic carbocycles. The van der Waals surface area contributed by atoms with Gasteiger partial charge in [-0.25, -0.2) is 4.99 Å². The molecule has 1 fully saturated rings. The summed E-state index contributed by atoms with van der Waals surface area (Å²) in [4.78, 5) is 20.2. The number of hydrogen-bond donors (Lipinski definition) is 0. The van der Waals surface area contributed by atoms with Gasteiger partial charge in [0.2, 0.25) is 0 Å². The maximum Gasteiger partial charge on any atom is 0.266 e. The summed E-state index contributed by atoms with van der Waals surface area (Å²) in [7, 11) is 1.59. The molecule has 1 amide bonds. The van der Waals surface area contributed by atoms with Gasteiger partial charge in [-0.05, 0) is 72.3 Å². The van der Waals surface area contributed by atoms with Crippen molar-refractivity contribution < 1.29 is 19.0 Å². The van der Waals surface area contributed by atoms with Gasteiger partial charge in [-0.3, -0.25) is 9.69 Å². The predicted octanol–water partition coefficient (Wildman–Crippen LogP) is 6.57. The molecular weight excluding hydrogens is 496 g/mol. The number of aliphatic imine (C=N–C) groups is 1. The molecule has 1 heterocycles. The van der Waals surface area contributed by atoms with Crippen LogP contribution in [-0.4, -0.2) is 42.8 Å². The number of amidine groups is 1. The number of carbonyl (C=O) groups is 1. The van der Waals surface area contributed by atoms with E-state index in [1.165, 1.54) is 11.8 Å². The van der Waals surface area contributed by atoms with E-state index in [4.69, 9.17) is 30.8 Å². The summed E-state index contributed by atoms with van der Waals surface area (Å²) in [6.07, 6.45) is 1.85. The number of amides is 1. The van der Waals surface area contributed by atoms with Crippen LogP contribution < -0.4 is 9.47 Å². The van der Waals surface area contributed by atoms with Crippen LogP contribution in [0, 0.1) is 0 Å². The second-order valence-electron chi connectivity index (χ2n) is 7.82. The maximum absolute atomic E-state index is 13.2. The molecule has 0 saturated carbocycles. The number of halogens is 1. The standard InChI is InChI=1S/C28H27ClN2O4S/c1-3-34-16-15-31-27(32)26(36-28(31)30-23-7-5-4-6-8-23)18-21-11-14-24(25(17-21)33-2)35-19-20-9-12-22(29)13-10-20/h4-14,17-18H,3,15-16,19H2,1-2H3/b26-18-,30-28?. The number of hydrogen-bond acceptors (Lipinski definition) is 6. The Hall–Kier alpha value is -3.26. The lowest BCUT2D eigenvalue weighted by atomic mass is 10.1. The Balaban J connectivity index is 1.54. The average molecular weight is 523 g/mol. The van der Waals surface area contributed by atoms with Gasteiger partial charge in [-0.15, -0.1) is 0 Å². The zero-order chi connectivity index (χ0) is 25.3. The second-order valence-corrected chi connectivity index (χ2v) is 9.27. The molecule has 0 N–H and O–H groups in total. The monoisotopic (exact) mass is 522 g/mol. The SMILES string of the molecule is CCOCCN1C(=O)/C(=C/c2ccc(OCc3ccc(Cl)cc3)c(OC)c2)SC1=Nc1ccccc1. The van der Waals surface area contributed by atoms with Crippen molar-refractivity contribution >= 4 is 46.2 Å². The number of methoxy groups -OCH3 is 1. The molecule has 0 spiro atoms. The fourth-order valence-corrected chi connectivity index (χ4v) is 4.64. The van der Waals surface area contributed by atoms with E-state index in [-0.39, 0.29) is 5.91 Å². The predicted molar refractivity (Wildman–Crippen MR) is 146 cm³/mol. The van der Waals surface area contributed by atoms with E-state index in [2.05, 4.69) is 0 Å². The van der Waals surface area contributed by atoms with Crippen LogP contribution in [0.1, 0.15) is 18.1 Å². The molecule has 0 aromatic heterocycles. The van der Waals surface area contributed by atoms with E-state index in [0.717, 1.165) is 16.8 Å². The molecule has 0 bridgehead atoms. The lowest BCUT2D eigenvalue weighted by Gasteiger charge is -2.15. The van der Waals surface area contributed by atoms with Gasteiger partial charge in [0, 0.05) is 11.6 Å². The Bertz CT molecular complexity index is 1250. The zero-order valence-corrected chi connectivity index (χ0v) is 21.7. The highest BCUT2D eigenvalue weighted by Gasteiger charge is 2.33. The van der Waals surface area contributed by atoms with Crippen molar-refractivity contribution in [1.82, 2.24) is 4.90 Å². The summed E-state index contributed by atoms with van der Waals surface area (Å²) >= 11 is 7.31. The van der Waals surface area contributed by atoms with Gasteiger partial charge >= 0.3 is 0 Å². The molecule has 3 aromatic rings. The number of rotatable bonds is 10. The Morgan fingerprint density at radius 2 is 1.81 bits per heavy atom. The topological polar surface area (TPSA) is 60.4 Å². The number of thioether (sulfide) groups is 1. The van der Waals surface area contributed by atoms with Crippen molar-refractivity contribution in [3.8, 4) is 11.5 Å². The number of para-hydroxylation sites is 1. The Morgan fingerprint density at radius 3 is 2.53 bits per heavy atom. The summed E-state index contributed by atoms with van der Waals surface area (Å²) < 4.78 is 17.0. The van der Waals surface area contributed by atoms with Crippen LogP contribution in [0.5, 0.6) is 11.5 Å². The van der Waals surface area contributed by atoms with Gasteiger partial charge in [0.05, 0.1) is 30.9 Å². The molecule has 186 valence electrons. The first-order valence-corrected chi connectivity index (χ1v) is 12.7. The van der Waals surface area contributed by atoms with E-state index >= 15 is 0 Å². The minimum Gasteiger partial charge on any atom is -0.493 e. The smallest absolute Gasteiger partial charge is 0.266 e. The largest absolute Gasteiger partial charge is 0.493 e. The summed E-state index contributed by atoms with van der Waals surface area (Å²) in [6, 6.07) is 22.7. The fourth-order valence-electron chi connectivity index (χ4n) is 3.49. The Kier molecular flexibility index (Phi) is 9.06. The van der Waals surface area contributed by atoms with Gasteiger partial charge in [-0.1, -0.05) is 48.0 Å². The lowest BCUT2D eigenvalue weighted by Crippen LogP contribution is -2.32. The summed E-state index contributed by atoms with van der Waals surface area (Å²) in [6.45, 7) is 3.79. The number of nitrogens with zero attached hydrogens (tertiary/aromatic N) is 2. The van der Waals surface area contributed by atoms with Crippen LogP contribution in [0.2, 0.25) is 5.02 Å². The minimum atomic E-state index is -0.101. The van der Waals surface area contributed by atoms with Crippen LogP contribution in [0.4, 0.5) is 5.69 Å². The van der Waals surface area contributed by atoms with E-state index in [1.54, 1.807) is 12.0 Å². The summed E-state index contributed by atoms with van der Waals surface area (Å²) in [5, 5.41) is 1.31. The first-order chi connectivity index (χ1) is 17.6. The quantitative estimate of drug-likeness (QED) is 0.223. The molecular formula is C28H27ClN2O4S. The van der Waals surface area contributed by atoms with E-state index < -0.39 is 0 Å². The molecule has 6 nitrogen and oxygen atoms in total. The molecule has 4 rings (SSSR count). The third kappa shape index (κ3) is 6.69. The van der Waals surface area contributed by atoms with Crippen molar-refractivity contribution in [2.45, 2.75) is 13.5 Å². The normalized spacial score (nSPS) is 15.6. The van der Waals surface area contributed by atoms with E-state index in [9.17, 15) is 4.79 Å². The van der Waals surface area contributed by atoms with Gasteiger partial charge in [0.15, 0.2) is 16.7 Å². The van der Waals surface area contributed by atoms with Crippen LogP contribution in [0.3, 0.4) is 0 Å². The molecule has 36 heavy (non-hydrogen) atoms. The highest BCUT2D eigenvalue weighted by atomic mass is 35.5. The van der Waals surface area contributed by atoms with E-state index in [1.807, 2.05) is 85.8 Å². The molecule has 0 unspecified atom stereocenters. The van der Waals surface area contributed by atoms with Crippen LogP contribution in [0.25, 0.3) is 6.08 Å². The molecule has 1 aliphatic rings. The van der Waals surface area contributed by atoms with Gasteiger partial charge in [0.25, 0.3) is 5.91 Å². The Morgan fingerprint density at radius 1 is 1.03 bits per heavy atom. The molecule has 8 heteroatoms. The Labute approximate surface area is 220 Å². The third-order valence-corrected chi connectivity index (χ3v) is 6.58. The highest BCUT2D eigenvalue weighted by molar-refractivity contribution is 8.18. The van der Waals surface area contributed by atoms with Crippen molar-refractivity contribution in [2.24, 2.45) is 4.99 Å². The van der Waals surface area contributed by atoms with E-state index in [0.29, 0.717) is 53.0 Å². The zero-order valence-electron chi connectivity index (χ0n) is 20.1. The molecule has 1 aliphatic heterocycles. The van der Waals surface area contributed by atoms with Gasteiger partial charge in [-0.2, -0.15) is 0 Å². The highest BCUT2D eigenvalue weighted by Crippen LogP contribution is 2.36. The lowest BCUT2D eigenvalue weighted by molar-refractivity contribution is -0.122. The summed E-state index contributed by atoms with van der Waals surface area (Å²) in [5.41, 5.74) is 2.62. The first kappa shape index (κ1) is 25.8. The number of benzene rings is 3. The van der Waals surface area contributed by atoms with Gasteiger partial charge in [0.1, 0.15) is 6.61 Å². The summed E-state index contributed by atoms with van der Waals surface area (Å²) in [5.74, 6) is 1.10. The molecule has 0 radical (unpaired) electrons. The van der Waals surface area contributed by atoms with Crippen LogP contribution in [-0.2, 0) is 16.1 Å². The van der Waals surface area contributed by atoms with Crippen LogP contribution in [0.15, 0.2) is 82.7 Å². The maximum atomic E-state index is 13.2. The van der Waals surface area contributed by atoms with Crippen molar-refractivity contribution in [1.29, 1.82) is 0 Å². The van der Waals surface area contributed by atoms with Crippen LogP contribution >= 0.6 is 23.4 Å².